The maximum absolute atomic E-state index is 12.8. The minimum atomic E-state index is -0.186. The monoisotopic (exact) mass is 359 g/mol. The van der Waals surface area contributed by atoms with Gasteiger partial charge in [0, 0.05) is 30.1 Å². The number of ether oxygens (including phenoxy) is 1. The van der Waals surface area contributed by atoms with Crippen molar-refractivity contribution >= 4 is 17.5 Å². The normalized spacial score (nSPS) is 20.9. The number of hydrogen-bond donors (Lipinski definition) is 2. The smallest absolute Gasteiger partial charge is 0.225 e. The van der Waals surface area contributed by atoms with Gasteiger partial charge in [-0.05, 0) is 30.7 Å². The molecule has 0 radical (unpaired) electrons. The lowest BCUT2D eigenvalue weighted by molar-refractivity contribution is -0.125. The molecular weight excluding hydrogens is 338 g/mol. The van der Waals surface area contributed by atoms with Crippen LogP contribution in [0.1, 0.15) is 30.1 Å². The van der Waals surface area contributed by atoms with Gasteiger partial charge in [0.1, 0.15) is 0 Å². The van der Waals surface area contributed by atoms with Crippen molar-refractivity contribution in [3.05, 3.63) is 58.7 Å². The topological polar surface area (TPSA) is 63.2 Å². The van der Waals surface area contributed by atoms with Gasteiger partial charge < -0.3 is 15.4 Å². The van der Waals surface area contributed by atoms with E-state index in [1.165, 1.54) is 0 Å². The second-order valence-electron chi connectivity index (χ2n) is 6.26. The molecule has 5 nitrogen and oxygen atoms in total. The van der Waals surface area contributed by atoms with E-state index in [-0.39, 0.29) is 23.8 Å². The first kappa shape index (κ1) is 17.7. The van der Waals surface area contributed by atoms with Crippen LogP contribution in [-0.4, -0.2) is 31.1 Å². The number of amides is 1. The summed E-state index contributed by atoms with van der Waals surface area (Å²) in [5.41, 5.74) is 1.91. The van der Waals surface area contributed by atoms with Crippen LogP contribution >= 0.6 is 11.6 Å². The van der Waals surface area contributed by atoms with E-state index in [9.17, 15) is 4.79 Å². The van der Waals surface area contributed by atoms with Crippen molar-refractivity contribution in [2.45, 2.75) is 18.9 Å². The second kappa shape index (κ2) is 7.85. The molecule has 0 unspecified atom stereocenters. The van der Waals surface area contributed by atoms with Crippen LogP contribution in [0.4, 0.5) is 0 Å². The highest BCUT2D eigenvalue weighted by Crippen LogP contribution is 2.29. The highest BCUT2D eigenvalue weighted by Gasteiger charge is 2.34. The maximum atomic E-state index is 12.8. The zero-order chi connectivity index (χ0) is 17.8. The molecule has 1 aliphatic rings. The summed E-state index contributed by atoms with van der Waals surface area (Å²) < 4.78 is 5.15. The van der Waals surface area contributed by atoms with E-state index >= 15 is 0 Å². The van der Waals surface area contributed by atoms with Crippen molar-refractivity contribution in [1.29, 1.82) is 0 Å². The third kappa shape index (κ3) is 4.11. The molecule has 2 heterocycles. The van der Waals surface area contributed by atoms with Crippen LogP contribution in [0, 0.1) is 5.92 Å². The van der Waals surface area contributed by atoms with Gasteiger partial charge in [0.05, 0.1) is 24.8 Å². The summed E-state index contributed by atoms with van der Waals surface area (Å²) in [7, 11) is 1.58. The van der Waals surface area contributed by atoms with E-state index in [1.807, 2.05) is 43.3 Å². The molecule has 1 amide bonds. The van der Waals surface area contributed by atoms with Crippen LogP contribution in [0.25, 0.3) is 0 Å². The summed E-state index contributed by atoms with van der Waals surface area (Å²) in [4.78, 5) is 17.2. The molecule has 132 valence electrons. The largest absolute Gasteiger partial charge is 0.481 e. The van der Waals surface area contributed by atoms with Crippen LogP contribution in [0.15, 0.2) is 42.5 Å². The fraction of sp³-hybridized carbons (Fsp3) is 0.368. The first-order valence-corrected chi connectivity index (χ1v) is 8.74. The zero-order valence-electron chi connectivity index (χ0n) is 14.3. The number of benzene rings is 1. The van der Waals surface area contributed by atoms with E-state index in [1.54, 1.807) is 13.2 Å². The van der Waals surface area contributed by atoms with Gasteiger partial charge in [-0.2, -0.15) is 0 Å². The van der Waals surface area contributed by atoms with E-state index < -0.39 is 0 Å². The summed E-state index contributed by atoms with van der Waals surface area (Å²) in [5.74, 6) is 0.596. The number of nitrogens with one attached hydrogen (secondary N) is 2. The van der Waals surface area contributed by atoms with Gasteiger partial charge in [-0.1, -0.05) is 29.8 Å². The van der Waals surface area contributed by atoms with E-state index in [4.69, 9.17) is 16.3 Å². The van der Waals surface area contributed by atoms with Gasteiger partial charge in [-0.3, -0.25) is 4.79 Å². The van der Waals surface area contributed by atoms with Crippen LogP contribution < -0.4 is 15.4 Å². The van der Waals surface area contributed by atoms with E-state index in [0.717, 1.165) is 17.8 Å². The Bertz CT molecular complexity index is 736. The molecule has 1 aromatic carbocycles. The third-order valence-electron chi connectivity index (χ3n) is 4.61. The minimum absolute atomic E-state index is 0.0297. The fourth-order valence-electron chi connectivity index (χ4n) is 3.19. The van der Waals surface area contributed by atoms with Gasteiger partial charge in [0.2, 0.25) is 11.8 Å². The number of nitrogens with zero attached hydrogens (tertiary/aromatic N) is 1. The van der Waals surface area contributed by atoms with Gasteiger partial charge in [0.25, 0.3) is 0 Å². The number of halogens is 1. The van der Waals surface area contributed by atoms with Crippen molar-refractivity contribution in [2.75, 3.05) is 20.2 Å². The molecule has 3 rings (SSSR count). The van der Waals surface area contributed by atoms with Crippen LogP contribution in [-0.2, 0) is 4.79 Å². The molecule has 0 spiro atoms. The number of carbonyl (C=O) groups is 1. The standard InChI is InChI=1S/C19H22ClN3O2/c1-12(17-4-3-5-18(23-17)25-2)22-19(24)16-11-21-10-15(16)13-6-8-14(20)9-7-13/h3-9,12,15-16,21H,10-11H2,1-2H3,(H,22,24)/t12-,15-,16+/m0/s1. The lowest BCUT2D eigenvalue weighted by Crippen LogP contribution is -2.36. The fourth-order valence-corrected chi connectivity index (χ4v) is 3.32. The summed E-state index contributed by atoms with van der Waals surface area (Å²) >= 11 is 5.97. The third-order valence-corrected chi connectivity index (χ3v) is 4.86. The summed E-state index contributed by atoms with van der Waals surface area (Å²) in [5, 5.41) is 7.10. The predicted octanol–water partition coefficient (Wildman–Crippen LogP) is 2.92. The van der Waals surface area contributed by atoms with Crippen molar-refractivity contribution in [1.82, 2.24) is 15.6 Å². The molecule has 2 N–H and O–H groups in total. The Kier molecular flexibility index (Phi) is 5.56. The first-order chi connectivity index (χ1) is 12.1. The summed E-state index contributed by atoms with van der Waals surface area (Å²) in [6.45, 7) is 3.38. The number of rotatable bonds is 5. The van der Waals surface area contributed by atoms with Crippen LogP contribution in [0.3, 0.4) is 0 Å². The molecule has 1 aromatic heterocycles. The average molecular weight is 360 g/mol. The Labute approximate surface area is 152 Å². The molecule has 0 bridgehead atoms. The Morgan fingerprint density at radius 2 is 2.04 bits per heavy atom. The molecule has 0 saturated carbocycles. The number of pyridine rings is 1. The Hall–Kier alpha value is -2.11. The molecule has 2 aromatic rings. The quantitative estimate of drug-likeness (QED) is 0.861. The molecule has 6 heteroatoms. The number of aromatic nitrogens is 1. The van der Waals surface area contributed by atoms with Gasteiger partial charge in [-0.15, -0.1) is 0 Å². The van der Waals surface area contributed by atoms with Crippen LogP contribution in [0.5, 0.6) is 5.88 Å². The van der Waals surface area contributed by atoms with Gasteiger partial charge in [-0.25, -0.2) is 4.98 Å². The molecule has 3 atom stereocenters. The maximum Gasteiger partial charge on any atom is 0.225 e. The zero-order valence-corrected chi connectivity index (χ0v) is 15.1. The average Bonchev–Trinajstić information content (AvgIpc) is 3.12. The number of carbonyl (C=O) groups excluding carboxylic acids is 1. The van der Waals surface area contributed by atoms with Crippen molar-refractivity contribution < 1.29 is 9.53 Å². The molecule has 1 saturated heterocycles. The highest BCUT2D eigenvalue weighted by molar-refractivity contribution is 6.30. The molecule has 1 aliphatic heterocycles. The molecular formula is C19H22ClN3O2. The molecule has 0 aliphatic carbocycles. The first-order valence-electron chi connectivity index (χ1n) is 8.36. The SMILES string of the molecule is COc1cccc([C@H](C)NC(=O)[C@@H]2CNC[C@H]2c2ccc(Cl)cc2)n1. The van der Waals surface area contributed by atoms with Crippen molar-refractivity contribution in [3.63, 3.8) is 0 Å². The Balaban J connectivity index is 1.70. The van der Waals surface area contributed by atoms with E-state index in [2.05, 4.69) is 15.6 Å². The molecule has 1 fully saturated rings. The minimum Gasteiger partial charge on any atom is -0.481 e. The van der Waals surface area contributed by atoms with E-state index in [0.29, 0.717) is 17.4 Å². The lowest BCUT2D eigenvalue weighted by Gasteiger charge is -2.21. The van der Waals surface area contributed by atoms with Gasteiger partial charge in [0.15, 0.2) is 0 Å². The Morgan fingerprint density at radius 1 is 1.28 bits per heavy atom. The lowest BCUT2D eigenvalue weighted by atomic mass is 9.88. The van der Waals surface area contributed by atoms with Crippen LogP contribution in [0.2, 0.25) is 5.02 Å². The second-order valence-corrected chi connectivity index (χ2v) is 6.69. The highest BCUT2D eigenvalue weighted by atomic mass is 35.5. The molecule has 25 heavy (non-hydrogen) atoms. The summed E-state index contributed by atoms with van der Waals surface area (Å²) in [6, 6.07) is 13.1. The number of methoxy groups -OCH3 is 1. The Morgan fingerprint density at radius 3 is 2.76 bits per heavy atom. The van der Waals surface area contributed by atoms with Gasteiger partial charge >= 0.3 is 0 Å². The predicted molar refractivity (Wildman–Crippen MR) is 97.9 cm³/mol. The summed E-state index contributed by atoms with van der Waals surface area (Å²) in [6.07, 6.45) is 0. The number of hydrogen-bond acceptors (Lipinski definition) is 4. The van der Waals surface area contributed by atoms with Crippen molar-refractivity contribution in [2.24, 2.45) is 5.92 Å². The van der Waals surface area contributed by atoms with Crippen molar-refractivity contribution in [3.8, 4) is 5.88 Å².